The van der Waals surface area contributed by atoms with Crippen molar-refractivity contribution in [3.63, 3.8) is 0 Å². The fourth-order valence-electron chi connectivity index (χ4n) is 1.71. The van der Waals surface area contributed by atoms with E-state index in [-0.39, 0.29) is 5.02 Å². The first-order chi connectivity index (χ1) is 10.5. The molecule has 2 rings (SSSR count). The topological polar surface area (TPSA) is 78.4 Å². The minimum absolute atomic E-state index is 0.0676. The predicted molar refractivity (Wildman–Crippen MR) is 82.3 cm³/mol. The summed E-state index contributed by atoms with van der Waals surface area (Å²) in [6.45, 7) is -0.488. The zero-order chi connectivity index (χ0) is 16.1. The van der Waals surface area contributed by atoms with Crippen molar-refractivity contribution >= 4 is 40.4 Å². The molecule has 1 heterocycles. The number of carbonyl (C=O) groups is 2. The lowest BCUT2D eigenvalue weighted by Crippen LogP contribution is -2.39. The van der Waals surface area contributed by atoms with Gasteiger partial charge in [-0.25, -0.2) is 4.39 Å². The van der Waals surface area contributed by atoms with E-state index in [2.05, 4.69) is 10.6 Å². The van der Waals surface area contributed by atoms with Crippen LogP contribution >= 0.6 is 22.9 Å². The summed E-state index contributed by atoms with van der Waals surface area (Å²) in [6.07, 6.45) is 0. The van der Waals surface area contributed by atoms with Gasteiger partial charge in [0.2, 0.25) is 0 Å². The van der Waals surface area contributed by atoms with Crippen LogP contribution in [0.3, 0.4) is 0 Å². The summed E-state index contributed by atoms with van der Waals surface area (Å²) in [5.74, 6) is -2.47. The van der Waals surface area contributed by atoms with Crippen molar-refractivity contribution in [2.75, 3.05) is 11.9 Å². The molecule has 1 aromatic heterocycles. The second-order valence-electron chi connectivity index (χ2n) is 4.35. The second kappa shape index (κ2) is 7.35. The van der Waals surface area contributed by atoms with Gasteiger partial charge in [0, 0.05) is 5.38 Å². The SMILES string of the molecule is O=C(Nc1ccsc1)C(=O)NC(CO)c1ccc(Cl)c(F)c1. The molecule has 1 unspecified atom stereocenters. The van der Waals surface area contributed by atoms with Crippen LogP contribution in [0.15, 0.2) is 35.0 Å². The summed E-state index contributed by atoms with van der Waals surface area (Å²) in [7, 11) is 0. The van der Waals surface area contributed by atoms with Gasteiger partial charge in [-0.3, -0.25) is 9.59 Å². The van der Waals surface area contributed by atoms with Crippen LogP contribution in [0.1, 0.15) is 11.6 Å². The van der Waals surface area contributed by atoms with E-state index < -0.39 is 30.3 Å². The van der Waals surface area contributed by atoms with Crippen LogP contribution in [0, 0.1) is 5.82 Å². The Labute approximate surface area is 134 Å². The van der Waals surface area contributed by atoms with Crippen molar-refractivity contribution in [2.45, 2.75) is 6.04 Å². The number of thiophene rings is 1. The molecule has 0 aliphatic rings. The fraction of sp³-hybridized carbons (Fsp3) is 0.143. The number of rotatable bonds is 4. The smallest absolute Gasteiger partial charge is 0.313 e. The van der Waals surface area contributed by atoms with Gasteiger partial charge in [-0.05, 0) is 29.1 Å². The number of anilines is 1. The summed E-state index contributed by atoms with van der Waals surface area (Å²) < 4.78 is 13.4. The Morgan fingerprint density at radius 2 is 2.09 bits per heavy atom. The highest BCUT2D eigenvalue weighted by Gasteiger charge is 2.20. The molecular weight excluding hydrogens is 331 g/mol. The predicted octanol–water partition coefficient (Wildman–Crippen LogP) is 2.33. The average Bonchev–Trinajstić information content (AvgIpc) is 3.00. The van der Waals surface area contributed by atoms with Gasteiger partial charge in [0.15, 0.2) is 0 Å². The minimum Gasteiger partial charge on any atom is -0.394 e. The number of carbonyl (C=O) groups excluding carboxylic acids is 2. The number of amides is 2. The molecule has 0 aliphatic carbocycles. The van der Waals surface area contributed by atoms with Gasteiger partial charge in [-0.1, -0.05) is 17.7 Å². The molecule has 22 heavy (non-hydrogen) atoms. The van der Waals surface area contributed by atoms with Gasteiger partial charge in [-0.2, -0.15) is 11.3 Å². The van der Waals surface area contributed by atoms with Gasteiger partial charge in [-0.15, -0.1) is 0 Å². The number of aliphatic hydroxyl groups excluding tert-OH is 1. The molecule has 2 aromatic rings. The zero-order valence-electron chi connectivity index (χ0n) is 11.2. The van der Waals surface area contributed by atoms with Crippen molar-refractivity contribution in [3.05, 3.63) is 51.4 Å². The van der Waals surface area contributed by atoms with E-state index in [0.717, 1.165) is 6.07 Å². The van der Waals surface area contributed by atoms with E-state index in [1.54, 1.807) is 16.8 Å². The third-order valence-electron chi connectivity index (χ3n) is 2.82. The van der Waals surface area contributed by atoms with E-state index in [1.165, 1.54) is 23.5 Å². The van der Waals surface area contributed by atoms with E-state index in [9.17, 15) is 19.1 Å². The summed E-state index contributed by atoms with van der Waals surface area (Å²) in [5.41, 5.74) is 0.810. The molecule has 8 heteroatoms. The van der Waals surface area contributed by atoms with Crippen LogP contribution in [-0.2, 0) is 9.59 Å². The highest BCUT2D eigenvalue weighted by Crippen LogP contribution is 2.20. The first-order valence-corrected chi connectivity index (χ1v) is 7.53. The molecule has 0 radical (unpaired) electrons. The molecule has 1 atom stereocenters. The van der Waals surface area contributed by atoms with Gasteiger partial charge in [0.1, 0.15) is 5.82 Å². The molecule has 0 saturated carbocycles. The third-order valence-corrected chi connectivity index (χ3v) is 3.81. The normalized spacial score (nSPS) is 11.8. The highest BCUT2D eigenvalue weighted by atomic mass is 35.5. The van der Waals surface area contributed by atoms with Gasteiger partial charge in [0.25, 0.3) is 0 Å². The number of benzene rings is 1. The third kappa shape index (κ3) is 4.03. The van der Waals surface area contributed by atoms with Crippen LogP contribution < -0.4 is 10.6 Å². The Balaban J connectivity index is 2.04. The molecule has 0 aliphatic heterocycles. The first kappa shape index (κ1) is 16.4. The largest absolute Gasteiger partial charge is 0.394 e. The van der Waals surface area contributed by atoms with Crippen LogP contribution in [0.2, 0.25) is 5.02 Å². The molecule has 5 nitrogen and oxygen atoms in total. The van der Waals surface area contributed by atoms with Gasteiger partial charge >= 0.3 is 11.8 Å². The number of hydrogen-bond donors (Lipinski definition) is 3. The lowest BCUT2D eigenvalue weighted by atomic mass is 10.1. The quantitative estimate of drug-likeness (QED) is 0.746. The maximum Gasteiger partial charge on any atom is 0.313 e. The van der Waals surface area contributed by atoms with Crippen molar-refractivity contribution in [1.82, 2.24) is 5.32 Å². The van der Waals surface area contributed by atoms with Crippen molar-refractivity contribution in [3.8, 4) is 0 Å². The number of halogens is 2. The standard InChI is InChI=1S/C14H12ClFN2O3S/c15-10-2-1-8(5-11(10)16)12(6-19)18-14(21)13(20)17-9-3-4-22-7-9/h1-5,7,12,19H,6H2,(H,17,20)(H,18,21). The molecular formula is C14H12ClFN2O3S. The maximum atomic E-state index is 13.4. The zero-order valence-corrected chi connectivity index (χ0v) is 12.7. The number of nitrogens with one attached hydrogen (secondary N) is 2. The molecule has 0 fully saturated rings. The first-order valence-electron chi connectivity index (χ1n) is 6.21. The molecule has 0 saturated heterocycles. The van der Waals surface area contributed by atoms with Crippen LogP contribution in [0.25, 0.3) is 0 Å². The summed E-state index contributed by atoms with van der Waals surface area (Å²) in [6, 6.07) is 4.61. The van der Waals surface area contributed by atoms with E-state index in [4.69, 9.17) is 11.6 Å². The Morgan fingerprint density at radius 1 is 1.32 bits per heavy atom. The molecule has 116 valence electrons. The van der Waals surface area contributed by atoms with E-state index in [0.29, 0.717) is 11.3 Å². The van der Waals surface area contributed by atoms with Gasteiger partial charge in [0.05, 0.1) is 23.4 Å². The molecule has 2 amide bonds. The molecule has 0 bridgehead atoms. The Hall–Kier alpha value is -1.96. The number of aliphatic hydroxyl groups is 1. The van der Waals surface area contributed by atoms with Crippen LogP contribution in [-0.4, -0.2) is 23.5 Å². The van der Waals surface area contributed by atoms with E-state index >= 15 is 0 Å². The molecule has 0 spiro atoms. The summed E-state index contributed by atoms with van der Waals surface area (Å²) in [4.78, 5) is 23.5. The van der Waals surface area contributed by atoms with Crippen molar-refractivity contribution in [2.24, 2.45) is 0 Å². The monoisotopic (exact) mass is 342 g/mol. The lowest BCUT2D eigenvalue weighted by molar-refractivity contribution is -0.136. The second-order valence-corrected chi connectivity index (χ2v) is 5.54. The van der Waals surface area contributed by atoms with Crippen LogP contribution in [0.5, 0.6) is 0 Å². The fourth-order valence-corrected chi connectivity index (χ4v) is 2.42. The Kier molecular flexibility index (Phi) is 5.48. The molecule has 3 N–H and O–H groups in total. The highest BCUT2D eigenvalue weighted by molar-refractivity contribution is 7.08. The lowest BCUT2D eigenvalue weighted by Gasteiger charge is -2.16. The Bertz CT molecular complexity index is 679. The number of hydrogen-bond acceptors (Lipinski definition) is 4. The summed E-state index contributed by atoms with van der Waals surface area (Å²) >= 11 is 6.95. The Morgan fingerprint density at radius 3 is 2.68 bits per heavy atom. The average molecular weight is 343 g/mol. The molecule has 1 aromatic carbocycles. The van der Waals surface area contributed by atoms with Crippen LogP contribution in [0.4, 0.5) is 10.1 Å². The summed E-state index contributed by atoms with van der Waals surface area (Å²) in [5, 5.41) is 17.4. The maximum absolute atomic E-state index is 13.4. The van der Waals surface area contributed by atoms with E-state index in [1.807, 2.05) is 0 Å². The van der Waals surface area contributed by atoms with Crippen molar-refractivity contribution < 1.29 is 19.1 Å². The van der Waals surface area contributed by atoms with Gasteiger partial charge < -0.3 is 15.7 Å². The van der Waals surface area contributed by atoms with Crippen molar-refractivity contribution in [1.29, 1.82) is 0 Å². The minimum atomic E-state index is -0.930.